The van der Waals surface area contributed by atoms with Crippen molar-refractivity contribution in [3.63, 3.8) is 0 Å². The Labute approximate surface area is 205 Å². The first kappa shape index (κ1) is 21.5. The summed E-state index contributed by atoms with van der Waals surface area (Å²) in [6.07, 6.45) is 4.08. The molecule has 1 saturated heterocycles. The summed E-state index contributed by atoms with van der Waals surface area (Å²) >= 11 is 6.14. The van der Waals surface area contributed by atoms with Crippen molar-refractivity contribution in [2.24, 2.45) is 0 Å². The number of nitrogens with one attached hydrogen (secondary N) is 1. The van der Waals surface area contributed by atoms with Gasteiger partial charge in [-0.15, -0.1) is 0 Å². The lowest BCUT2D eigenvalue weighted by atomic mass is 9.92. The minimum absolute atomic E-state index is 0.0604. The minimum Gasteiger partial charge on any atom is -0.493 e. The van der Waals surface area contributed by atoms with E-state index in [9.17, 15) is 0 Å². The van der Waals surface area contributed by atoms with Gasteiger partial charge in [0.2, 0.25) is 0 Å². The average molecular weight is 474 g/mol. The second kappa shape index (κ2) is 8.66. The summed E-state index contributed by atoms with van der Waals surface area (Å²) in [4.78, 5) is 2.51. The number of para-hydroxylation sites is 1. The smallest absolute Gasteiger partial charge is 0.183 e. The average Bonchev–Trinajstić information content (AvgIpc) is 3.33. The number of benzene rings is 3. The number of hydrogen-bond donors (Lipinski definition) is 1. The molecule has 1 unspecified atom stereocenters. The third kappa shape index (κ3) is 3.74. The first-order chi connectivity index (χ1) is 16.6. The van der Waals surface area contributed by atoms with E-state index in [1.807, 2.05) is 24.3 Å². The zero-order chi connectivity index (χ0) is 23.1. The number of fused-ring (bicyclic) bond motifs is 4. The van der Waals surface area contributed by atoms with Crippen molar-refractivity contribution in [2.45, 2.75) is 31.2 Å². The van der Waals surface area contributed by atoms with Crippen molar-refractivity contribution in [2.75, 3.05) is 20.2 Å². The highest BCUT2D eigenvalue weighted by molar-refractivity contribution is 6.30. The Morgan fingerprint density at radius 2 is 1.76 bits per heavy atom. The van der Waals surface area contributed by atoms with Gasteiger partial charge < -0.3 is 14.9 Å². The van der Waals surface area contributed by atoms with Crippen LogP contribution in [-0.4, -0.2) is 35.8 Å². The molecule has 174 valence electrons. The molecule has 0 bridgehead atoms. The normalized spacial score (nSPS) is 21.2. The fourth-order valence-electron chi connectivity index (χ4n) is 5.36. The first-order valence-corrected chi connectivity index (χ1v) is 12.2. The summed E-state index contributed by atoms with van der Waals surface area (Å²) in [5.41, 5.74) is 7.90. The van der Waals surface area contributed by atoms with E-state index >= 15 is 0 Å². The Balaban J connectivity index is 1.32. The van der Waals surface area contributed by atoms with Gasteiger partial charge >= 0.3 is 0 Å². The van der Waals surface area contributed by atoms with Gasteiger partial charge in [0.15, 0.2) is 17.2 Å². The molecule has 0 saturated carbocycles. The van der Waals surface area contributed by atoms with Gasteiger partial charge in [-0.3, -0.25) is 4.90 Å². The van der Waals surface area contributed by atoms with Crippen molar-refractivity contribution in [3.8, 4) is 11.5 Å². The number of methoxy groups -OCH3 is 1. The topological polar surface area (TPSA) is 37.0 Å². The molecule has 1 fully saturated rings. The van der Waals surface area contributed by atoms with Crippen LogP contribution in [0.15, 0.2) is 78.9 Å². The van der Waals surface area contributed by atoms with E-state index in [4.69, 9.17) is 21.1 Å². The molecule has 1 spiro atoms. The highest BCUT2D eigenvalue weighted by atomic mass is 35.5. The van der Waals surface area contributed by atoms with Crippen molar-refractivity contribution in [1.29, 1.82) is 0 Å². The summed E-state index contributed by atoms with van der Waals surface area (Å²) in [6.45, 7) is 2.88. The van der Waals surface area contributed by atoms with Crippen LogP contribution in [-0.2, 0) is 6.54 Å². The van der Waals surface area contributed by atoms with Crippen LogP contribution in [0, 0.1) is 0 Å². The molecular formula is C28H28ClN3O2. The van der Waals surface area contributed by atoms with Crippen molar-refractivity contribution in [1.82, 2.24) is 15.3 Å². The maximum absolute atomic E-state index is 6.86. The number of rotatable bonds is 4. The molecule has 34 heavy (non-hydrogen) atoms. The molecule has 1 N–H and O–H groups in total. The molecule has 3 aromatic carbocycles. The monoisotopic (exact) mass is 473 g/mol. The number of hydrogen-bond acceptors (Lipinski definition) is 5. The molecule has 6 heteroatoms. The first-order valence-electron chi connectivity index (χ1n) is 11.8. The Morgan fingerprint density at radius 1 is 1.00 bits per heavy atom. The lowest BCUT2D eigenvalue weighted by Gasteiger charge is -2.52. The molecule has 1 atom stereocenters. The van der Waals surface area contributed by atoms with Gasteiger partial charge in [0, 0.05) is 43.1 Å². The van der Waals surface area contributed by atoms with E-state index < -0.39 is 5.72 Å². The molecule has 0 aliphatic carbocycles. The van der Waals surface area contributed by atoms with Crippen molar-refractivity contribution in [3.05, 3.63) is 101 Å². The summed E-state index contributed by atoms with van der Waals surface area (Å²) in [7, 11) is 1.71. The van der Waals surface area contributed by atoms with Crippen LogP contribution in [0.25, 0.3) is 5.70 Å². The van der Waals surface area contributed by atoms with Crippen LogP contribution in [0.1, 0.15) is 35.6 Å². The van der Waals surface area contributed by atoms with Gasteiger partial charge in [-0.05, 0) is 35.4 Å². The number of halogens is 1. The van der Waals surface area contributed by atoms with E-state index in [2.05, 4.69) is 69.9 Å². The SMILES string of the molecule is COc1cccc2c1OC1(CCN(Cc3ccccc3)CC1)N1NC(c3ccc(Cl)cc3)=CC21. The maximum atomic E-state index is 6.86. The van der Waals surface area contributed by atoms with E-state index in [1.54, 1.807) is 7.11 Å². The molecule has 0 amide bonds. The minimum atomic E-state index is -0.454. The molecule has 3 heterocycles. The number of likely N-dealkylation sites (tertiary alicyclic amines) is 1. The Kier molecular flexibility index (Phi) is 5.48. The molecule has 3 aliphatic heterocycles. The van der Waals surface area contributed by atoms with Crippen LogP contribution in [0.2, 0.25) is 5.02 Å². The summed E-state index contributed by atoms with van der Waals surface area (Å²) < 4.78 is 12.6. The molecule has 0 aromatic heterocycles. The van der Waals surface area contributed by atoms with Gasteiger partial charge in [0.25, 0.3) is 0 Å². The number of nitrogens with zero attached hydrogens (tertiary/aromatic N) is 2. The van der Waals surface area contributed by atoms with Crippen LogP contribution < -0.4 is 14.9 Å². The predicted octanol–water partition coefficient (Wildman–Crippen LogP) is 5.64. The van der Waals surface area contributed by atoms with Gasteiger partial charge in [0.05, 0.1) is 18.8 Å². The Bertz CT molecular complexity index is 1200. The van der Waals surface area contributed by atoms with Crippen LogP contribution in [0.4, 0.5) is 0 Å². The van der Waals surface area contributed by atoms with Crippen LogP contribution in [0.3, 0.4) is 0 Å². The van der Waals surface area contributed by atoms with Gasteiger partial charge in [0.1, 0.15) is 0 Å². The lowest BCUT2D eigenvalue weighted by molar-refractivity contribution is -0.161. The number of hydrazine groups is 1. The third-order valence-corrected chi connectivity index (χ3v) is 7.42. The van der Waals surface area contributed by atoms with Crippen LogP contribution >= 0.6 is 11.6 Å². The van der Waals surface area contributed by atoms with Crippen LogP contribution in [0.5, 0.6) is 11.5 Å². The zero-order valence-electron chi connectivity index (χ0n) is 19.2. The standard InChI is InChI=1S/C28H28ClN3O2/c1-33-26-9-5-8-23-25-18-24(21-10-12-22(29)13-11-21)30-32(25)28(34-27(23)26)14-16-31(17-15-28)19-20-6-3-2-4-7-20/h2-13,18,25,30H,14-17,19H2,1H3. The lowest BCUT2D eigenvalue weighted by Crippen LogP contribution is -2.63. The largest absolute Gasteiger partial charge is 0.493 e. The fraction of sp³-hybridized carbons (Fsp3) is 0.286. The van der Waals surface area contributed by atoms with Gasteiger partial charge in [-0.2, -0.15) is 5.01 Å². The van der Waals surface area contributed by atoms with E-state index in [-0.39, 0.29) is 6.04 Å². The highest BCUT2D eigenvalue weighted by Gasteiger charge is 2.52. The van der Waals surface area contributed by atoms with Crippen molar-refractivity contribution >= 4 is 17.3 Å². The maximum Gasteiger partial charge on any atom is 0.183 e. The Morgan fingerprint density at radius 3 is 2.50 bits per heavy atom. The molecule has 3 aromatic rings. The summed E-state index contributed by atoms with van der Waals surface area (Å²) in [6, 6.07) is 24.9. The summed E-state index contributed by atoms with van der Waals surface area (Å²) in [5, 5.41) is 3.05. The molecule has 3 aliphatic rings. The van der Waals surface area contributed by atoms with E-state index in [0.29, 0.717) is 0 Å². The van der Waals surface area contributed by atoms with E-state index in [1.165, 1.54) is 5.56 Å². The molecular weight excluding hydrogens is 446 g/mol. The number of piperidine rings is 1. The Hall–Kier alpha value is -2.99. The second-order valence-corrected chi connectivity index (χ2v) is 9.64. The quantitative estimate of drug-likeness (QED) is 0.531. The van der Waals surface area contributed by atoms with E-state index in [0.717, 1.165) is 65.8 Å². The predicted molar refractivity (Wildman–Crippen MR) is 134 cm³/mol. The molecule has 5 nitrogen and oxygen atoms in total. The fourth-order valence-corrected chi connectivity index (χ4v) is 5.49. The molecule has 6 rings (SSSR count). The van der Waals surface area contributed by atoms with Gasteiger partial charge in [-0.1, -0.05) is 66.2 Å². The molecule has 0 radical (unpaired) electrons. The highest BCUT2D eigenvalue weighted by Crippen LogP contribution is 2.51. The van der Waals surface area contributed by atoms with Gasteiger partial charge in [-0.25, -0.2) is 0 Å². The van der Waals surface area contributed by atoms with Crippen molar-refractivity contribution < 1.29 is 9.47 Å². The second-order valence-electron chi connectivity index (χ2n) is 9.20. The zero-order valence-corrected chi connectivity index (χ0v) is 20.0. The third-order valence-electron chi connectivity index (χ3n) is 7.16. The number of ether oxygens (including phenoxy) is 2. The summed E-state index contributed by atoms with van der Waals surface area (Å²) in [5.74, 6) is 1.65.